The summed E-state index contributed by atoms with van der Waals surface area (Å²) in [7, 11) is 0. The molecule has 2 heterocycles. The van der Waals surface area contributed by atoms with Crippen LogP contribution >= 0.6 is 11.3 Å². The van der Waals surface area contributed by atoms with Crippen LogP contribution in [0.5, 0.6) is 0 Å². The molecule has 0 saturated carbocycles. The normalized spacial score (nSPS) is 14.0. The van der Waals surface area contributed by atoms with Crippen molar-refractivity contribution < 1.29 is 13.2 Å². The van der Waals surface area contributed by atoms with Crippen molar-refractivity contribution in [3.8, 4) is 0 Å². The average Bonchev–Trinajstić information content (AvgIpc) is 3.27. The van der Waals surface area contributed by atoms with Crippen LogP contribution in [0.1, 0.15) is 23.1 Å². The lowest BCUT2D eigenvalue weighted by Gasteiger charge is -2.06. The van der Waals surface area contributed by atoms with Gasteiger partial charge in [-0.25, -0.2) is 4.98 Å². The van der Waals surface area contributed by atoms with Crippen molar-refractivity contribution in [2.45, 2.75) is 25.4 Å². The number of halogens is 3. The lowest BCUT2D eigenvalue weighted by Crippen LogP contribution is -2.16. The predicted octanol–water partition coefficient (Wildman–Crippen LogP) is 4.56. The number of rotatable bonds is 2. The van der Waals surface area contributed by atoms with Crippen LogP contribution in [0.4, 0.5) is 24.0 Å². The fourth-order valence-corrected chi connectivity index (χ4v) is 4.33. The van der Waals surface area contributed by atoms with E-state index in [1.807, 2.05) is 6.07 Å². The molecule has 0 radical (unpaired) electrons. The Balaban J connectivity index is 1.57. The quantitative estimate of drug-likeness (QED) is 0.534. The number of alkyl halides is 3. The van der Waals surface area contributed by atoms with Crippen LogP contribution in [0.2, 0.25) is 0 Å². The van der Waals surface area contributed by atoms with Crippen LogP contribution in [-0.4, -0.2) is 14.6 Å². The minimum Gasteiger partial charge on any atom is -0.330 e. The predicted molar refractivity (Wildman–Crippen MR) is 101 cm³/mol. The second-order valence-electron chi connectivity index (χ2n) is 6.71. The summed E-state index contributed by atoms with van der Waals surface area (Å²) in [6, 6.07) is 9.02. The Morgan fingerprint density at radius 1 is 1.07 bits per heavy atom. The van der Waals surface area contributed by atoms with Gasteiger partial charge in [0.1, 0.15) is 0 Å². The maximum atomic E-state index is 12.9. The molecule has 2 aromatic carbocycles. The van der Waals surface area contributed by atoms with Crippen LogP contribution in [0.15, 0.2) is 41.2 Å². The Morgan fingerprint density at radius 2 is 1.89 bits per heavy atom. The van der Waals surface area contributed by atoms with Crippen LogP contribution < -0.4 is 10.9 Å². The Kier molecular flexibility index (Phi) is 3.70. The van der Waals surface area contributed by atoms with Crippen molar-refractivity contribution in [3.63, 3.8) is 0 Å². The van der Waals surface area contributed by atoms with E-state index in [1.54, 1.807) is 0 Å². The van der Waals surface area contributed by atoms with Gasteiger partial charge in [0.15, 0.2) is 0 Å². The van der Waals surface area contributed by atoms with Gasteiger partial charge in [0, 0.05) is 5.69 Å². The first-order chi connectivity index (χ1) is 13.4. The third-order valence-electron chi connectivity index (χ3n) is 4.87. The molecule has 0 unspecified atom stereocenters. The van der Waals surface area contributed by atoms with Crippen molar-refractivity contribution in [2.24, 2.45) is 0 Å². The van der Waals surface area contributed by atoms with Gasteiger partial charge in [0.05, 0.1) is 16.5 Å². The van der Waals surface area contributed by atoms with Gasteiger partial charge >= 0.3 is 6.18 Å². The van der Waals surface area contributed by atoms with Crippen molar-refractivity contribution in [2.75, 3.05) is 5.32 Å². The highest BCUT2D eigenvalue weighted by Crippen LogP contribution is 2.31. The second kappa shape index (κ2) is 6.03. The smallest absolute Gasteiger partial charge is 0.330 e. The van der Waals surface area contributed by atoms with Crippen molar-refractivity contribution in [3.05, 3.63) is 63.4 Å². The molecule has 0 spiro atoms. The molecule has 5 nitrogen and oxygen atoms in total. The average molecular weight is 402 g/mol. The number of anilines is 2. The van der Waals surface area contributed by atoms with Gasteiger partial charge in [0.25, 0.3) is 5.56 Å². The van der Waals surface area contributed by atoms with Crippen LogP contribution in [0, 0.1) is 0 Å². The maximum absolute atomic E-state index is 12.9. The Morgan fingerprint density at radius 3 is 2.71 bits per heavy atom. The number of nitrogens with zero attached hydrogens (tertiary/aromatic N) is 3. The first-order valence-corrected chi connectivity index (χ1v) is 9.50. The fourth-order valence-electron chi connectivity index (χ4n) is 3.51. The van der Waals surface area contributed by atoms with E-state index in [9.17, 15) is 18.0 Å². The summed E-state index contributed by atoms with van der Waals surface area (Å²) < 4.78 is 39.9. The monoisotopic (exact) mass is 402 g/mol. The number of benzene rings is 2. The van der Waals surface area contributed by atoms with Gasteiger partial charge in [-0.2, -0.15) is 17.7 Å². The van der Waals surface area contributed by atoms with E-state index in [1.165, 1.54) is 11.1 Å². The number of fused-ring (bicyclic) bond motifs is 3. The molecular formula is C19H13F3N4OS. The summed E-state index contributed by atoms with van der Waals surface area (Å²) in [5.74, 6) is 0. The first kappa shape index (κ1) is 17.2. The molecule has 1 aliphatic carbocycles. The SMILES string of the molecule is O=c1c2ccc(C(F)(F)F)cc2nc2sc(Nc3ccc4c(c3)CCC4)nn12. The van der Waals surface area contributed by atoms with Crippen molar-refractivity contribution >= 4 is 38.0 Å². The van der Waals surface area contributed by atoms with E-state index in [0.717, 1.165) is 59.0 Å². The highest BCUT2D eigenvalue weighted by molar-refractivity contribution is 7.20. The standard InChI is InChI=1S/C19H13F3N4OS/c20-19(21,22)12-5-7-14-15(9-12)24-18-26(16(14)27)25-17(28-18)23-13-6-4-10-2-1-3-11(10)8-13/h4-9H,1-3H2,(H,23,25). The summed E-state index contributed by atoms with van der Waals surface area (Å²) in [4.78, 5) is 17.1. The van der Waals surface area contributed by atoms with Gasteiger partial charge < -0.3 is 5.32 Å². The molecule has 0 fully saturated rings. The number of aromatic nitrogens is 3. The minimum absolute atomic E-state index is 0.00700. The molecule has 5 rings (SSSR count). The Labute approximate surface area is 160 Å². The molecule has 28 heavy (non-hydrogen) atoms. The molecule has 2 aromatic heterocycles. The number of hydrogen-bond acceptors (Lipinski definition) is 5. The molecule has 1 N–H and O–H groups in total. The molecule has 1 aliphatic rings. The summed E-state index contributed by atoms with van der Waals surface area (Å²) in [6.07, 6.45) is -1.22. The first-order valence-electron chi connectivity index (χ1n) is 8.68. The largest absolute Gasteiger partial charge is 0.416 e. The number of hydrogen-bond donors (Lipinski definition) is 1. The third kappa shape index (κ3) is 2.82. The molecule has 0 bridgehead atoms. The molecule has 0 saturated heterocycles. The van der Waals surface area contributed by atoms with Gasteiger partial charge in [-0.3, -0.25) is 4.79 Å². The summed E-state index contributed by atoms with van der Waals surface area (Å²) in [6.45, 7) is 0. The number of aryl methyl sites for hydroxylation is 2. The molecule has 0 atom stereocenters. The molecule has 9 heteroatoms. The zero-order valence-electron chi connectivity index (χ0n) is 14.4. The molecule has 0 amide bonds. The highest BCUT2D eigenvalue weighted by atomic mass is 32.1. The lowest BCUT2D eigenvalue weighted by molar-refractivity contribution is -0.137. The van der Waals surface area contributed by atoms with Gasteiger partial charge in [0.2, 0.25) is 10.1 Å². The van der Waals surface area contributed by atoms with E-state index in [2.05, 4.69) is 27.5 Å². The van der Waals surface area contributed by atoms with Crippen LogP contribution in [0.3, 0.4) is 0 Å². The van der Waals surface area contributed by atoms with Crippen LogP contribution in [-0.2, 0) is 19.0 Å². The van der Waals surface area contributed by atoms with Crippen molar-refractivity contribution in [1.29, 1.82) is 0 Å². The molecule has 0 aliphatic heterocycles. The fraction of sp³-hybridized carbons (Fsp3) is 0.211. The molecule has 142 valence electrons. The van der Waals surface area contributed by atoms with E-state index >= 15 is 0 Å². The van der Waals surface area contributed by atoms with Gasteiger partial charge in [-0.15, -0.1) is 5.10 Å². The van der Waals surface area contributed by atoms with Crippen LogP contribution in [0.25, 0.3) is 15.9 Å². The summed E-state index contributed by atoms with van der Waals surface area (Å²) in [5, 5.41) is 7.97. The van der Waals surface area contributed by atoms with Crippen molar-refractivity contribution in [1.82, 2.24) is 14.6 Å². The zero-order chi connectivity index (χ0) is 19.5. The summed E-state index contributed by atoms with van der Waals surface area (Å²) >= 11 is 1.12. The van der Waals surface area contributed by atoms with Gasteiger partial charge in [-0.1, -0.05) is 17.4 Å². The maximum Gasteiger partial charge on any atom is 0.416 e. The molecule has 4 aromatic rings. The molecular weight excluding hydrogens is 389 g/mol. The van der Waals surface area contributed by atoms with E-state index < -0.39 is 17.3 Å². The zero-order valence-corrected chi connectivity index (χ0v) is 15.2. The summed E-state index contributed by atoms with van der Waals surface area (Å²) in [5.41, 5.74) is 2.18. The van der Waals surface area contributed by atoms with Gasteiger partial charge in [-0.05, 0) is 60.7 Å². The topological polar surface area (TPSA) is 59.3 Å². The van der Waals surface area contributed by atoms with E-state index in [-0.39, 0.29) is 15.9 Å². The van der Waals surface area contributed by atoms with E-state index in [0.29, 0.717) is 5.13 Å². The Bertz CT molecular complexity index is 1290. The third-order valence-corrected chi connectivity index (χ3v) is 5.70. The minimum atomic E-state index is -4.49. The highest BCUT2D eigenvalue weighted by Gasteiger charge is 2.31. The lowest BCUT2D eigenvalue weighted by atomic mass is 10.1. The number of nitrogens with one attached hydrogen (secondary N) is 1. The van der Waals surface area contributed by atoms with E-state index in [4.69, 9.17) is 0 Å². The Hall–Kier alpha value is -2.94. The second-order valence-corrected chi connectivity index (χ2v) is 7.67.